The molecule has 1 fully saturated rings. The van der Waals surface area contributed by atoms with Gasteiger partial charge in [-0.15, -0.1) is 0 Å². The van der Waals surface area contributed by atoms with Gasteiger partial charge in [0.15, 0.2) is 0 Å². The van der Waals surface area contributed by atoms with Crippen LogP contribution < -0.4 is 0 Å². The van der Waals surface area contributed by atoms with Crippen LogP contribution >= 0.6 is 0 Å². The van der Waals surface area contributed by atoms with Gasteiger partial charge in [0.25, 0.3) is 5.91 Å². The first-order valence-corrected chi connectivity index (χ1v) is 6.55. The van der Waals surface area contributed by atoms with E-state index < -0.39 is 0 Å². The van der Waals surface area contributed by atoms with Crippen LogP contribution in [0.1, 0.15) is 30.8 Å². The average molecular weight is 248 g/mol. The Morgan fingerprint density at radius 3 is 2.83 bits per heavy atom. The molecule has 2 rings (SSSR count). The van der Waals surface area contributed by atoms with Crippen LogP contribution in [0.2, 0.25) is 0 Å². The SMILES string of the molecule is CCN(CC)C1CCN(C(=O)c2cnccn2)C1. The summed E-state index contributed by atoms with van der Waals surface area (Å²) < 4.78 is 0. The Morgan fingerprint density at radius 2 is 2.22 bits per heavy atom. The molecule has 0 saturated carbocycles. The van der Waals surface area contributed by atoms with Crippen molar-refractivity contribution < 1.29 is 4.79 Å². The molecule has 0 aromatic carbocycles. The lowest BCUT2D eigenvalue weighted by molar-refractivity contribution is 0.0771. The second-order valence-electron chi connectivity index (χ2n) is 4.51. The number of amides is 1. The van der Waals surface area contributed by atoms with Crippen molar-refractivity contribution in [1.29, 1.82) is 0 Å². The van der Waals surface area contributed by atoms with Crippen molar-refractivity contribution >= 4 is 5.91 Å². The van der Waals surface area contributed by atoms with E-state index in [2.05, 4.69) is 28.7 Å². The van der Waals surface area contributed by atoms with Gasteiger partial charge in [-0.2, -0.15) is 0 Å². The fourth-order valence-electron chi connectivity index (χ4n) is 2.54. The Hall–Kier alpha value is -1.49. The standard InChI is InChI=1S/C13H20N4O/c1-3-16(4-2)11-5-8-17(10-11)13(18)12-9-14-6-7-15-12/h6-7,9,11H,3-5,8,10H2,1-2H3. The number of hydrogen-bond donors (Lipinski definition) is 0. The number of carbonyl (C=O) groups excluding carboxylic acids is 1. The van der Waals surface area contributed by atoms with Crippen molar-refractivity contribution in [3.05, 3.63) is 24.3 Å². The number of carbonyl (C=O) groups is 1. The van der Waals surface area contributed by atoms with Gasteiger partial charge in [-0.3, -0.25) is 14.7 Å². The maximum atomic E-state index is 12.2. The van der Waals surface area contributed by atoms with Crippen molar-refractivity contribution in [2.75, 3.05) is 26.2 Å². The fourth-order valence-corrected chi connectivity index (χ4v) is 2.54. The Bertz CT molecular complexity index is 391. The molecule has 5 nitrogen and oxygen atoms in total. The number of likely N-dealkylation sites (N-methyl/N-ethyl adjacent to an activating group) is 1. The van der Waals surface area contributed by atoms with Crippen molar-refractivity contribution in [2.24, 2.45) is 0 Å². The Kier molecular flexibility index (Phi) is 4.25. The van der Waals surface area contributed by atoms with Gasteiger partial charge in [0, 0.05) is 31.5 Å². The highest BCUT2D eigenvalue weighted by Crippen LogP contribution is 2.17. The summed E-state index contributed by atoms with van der Waals surface area (Å²) in [6, 6.07) is 0.487. The zero-order chi connectivity index (χ0) is 13.0. The van der Waals surface area contributed by atoms with E-state index in [0.717, 1.165) is 32.6 Å². The smallest absolute Gasteiger partial charge is 0.274 e. The lowest BCUT2D eigenvalue weighted by Gasteiger charge is -2.26. The van der Waals surface area contributed by atoms with Gasteiger partial charge in [0.05, 0.1) is 6.20 Å². The molecule has 1 unspecified atom stereocenters. The summed E-state index contributed by atoms with van der Waals surface area (Å²) in [4.78, 5) is 24.5. The first-order valence-electron chi connectivity index (χ1n) is 6.55. The third-order valence-corrected chi connectivity index (χ3v) is 3.56. The number of likely N-dealkylation sites (tertiary alicyclic amines) is 1. The summed E-state index contributed by atoms with van der Waals surface area (Å²) in [7, 11) is 0. The van der Waals surface area contributed by atoms with Crippen LogP contribution in [0.15, 0.2) is 18.6 Å². The largest absolute Gasteiger partial charge is 0.336 e. The molecule has 1 aliphatic heterocycles. The minimum Gasteiger partial charge on any atom is -0.336 e. The lowest BCUT2D eigenvalue weighted by Crippen LogP contribution is -2.38. The summed E-state index contributed by atoms with van der Waals surface area (Å²) in [5.74, 6) is -0.00208. The van der Waals surface area contributed by atoms with E-state index >= 15 is 0 Å². The predicted octanol–water partition coefficient (Wildman–Crippen LogP) is 1.03. The van der Waals surface area contributed by atoms with Crippen LogP contribution in [0.3, 0.4) is 0 Å². The van der Waals surface area contributed by atoms with E-state index in [1.807, 2.05) is 4.90 Å². The predicted molar refractivity (Wildman–Crippen MR) is 69.3 cm³/mol. The van der Waals surface area contributed by atoms with Crippen LogP contribution in [0.25, 0.3) is 0 Å². The molecule has 1 aromatic heterocycles. The molecule has 1 saturated heterocycles. The second kappa shape index (κ2) is 5.91. The molecule has 0 spiro atoms. The maximum absolute atomic E-state index is 12.2. The van der Waals surface area contributed by atoms with E-state index in [1.54, 1.807) is 12.4 Å². The zero-order valence-electron chi connectivity index (χ0n) is 11.0. The normalized spacial score (nSPS) is 19.5. The van der Waals surface area contributed by atoms with Gasteiger partial charge in [-0.05, 0) is 19.5 Å². The van der Waals surface area contributed by atoms with Crippen molar-refractivity contribution in [1.82, 2.24) is 19.8 Å². The molecule has 5 heteroatoms. The maximum Gasteiger partial charge on any atom is 0.274 e. The molecule has 0 bridgehead atoms. The molecule has 98 valence electrons. The van der Waals surface area contributed by atoms with Crippen LogP contribution in [0.4, 0.5) is 0 Å². The summed E-state index contributed by atoms with van der Waals surface area (Å²) >= 11 is 0. The van der Waals surface area contributed by atoms with Crippen LogP contribution in [0, 0.1) is 0 Å². The highest BCUT2D eigenvalue weighted by atomic mass is 16.2. The molecule has 18 heavy (non-hydrogen) atoms. The first kappa shape index (κ1) is 13.0. The molecule has 0 N–H and O–H groups in total. The minimum absolute atomic E-state index is 0.00208. The highest BCUT2D eigenvalue weighted by molar-refractivity contribution is 5.92. The van der Waals surface area contributed by atoms with Gasteiger partial charge >= 0.3 is 0 Å². The molecule has 1 aliphatic rings. The molecule has 0 aliphatic carbocycles. The number of rotatable bonds is 4. The third kappa shape index (κ3) is 2.67. The second-order valence-corrected chi connectivity index (χ2v) is 4.51. The van der Waals surface area contributed by atoms with Gasteiger partial charge in [-0.1, -0.05) is 13.8 Å². The molecule has 0 radical (unpaired) electrons. The van der Waals surface area contributed by atoms with Crippen molar-refractivity contribution in [3.63, 3.8) is 0 Å². The first-order chi connectivity index (χ1) is 8.76. The quantitative estimate of drug-likeness (QED) is 0.798. The van der Waals surface area contributed by atoms with Gasteiger partial charge in [0.1, 0.15) is 5.69 Å². The van der Waals surface area contributed by atoms with Crippen molar-refractivity contribution in [2.45, 2.75) is 26.3 Å². The summed E-state index contributed by atoms with van der Waals surface area (Å²) in [5.41, 5.74) is 0.442. The van der Waals surface area contributed by atoms with Gasteiger partial charge < -0.3 is 4.90 Å². The summed E-state index contributed by atoms with van der Waals surface area (Å²) in [5, 5.41) is 0. The number of aromatic nitrogens is 2. The topological polar surface area (TPSA) is 49.3 Å². The van der Waals surface area contributed by atoms with E-state index in [-0.39, 0.29) is 5.91 Å². The molecule has 1 amide bonds. The van der Waals surface area contributed by atoms with Gasteiger partial charge in [0.2, 0.25) is 0 Å². The fraction of sp³-hybridized carbons (Fsp3) is 0.615. The third-order valence-electron chi connectivity index (χ3n) is 3.56. The number of hydrogen-bond acceptors (Lipinski definition) is 4. The van der Waals surface area contributed by atoms with E-state index in [0.29, 0.717) is 11.7 Å². The molecule has 2 heterocycles. The highest BCUT2D eigenvalue weighted by Gasteiger charge is 2.30. The van der Waals surface area contributed by atoms with E-state index in [1.165, 1.54) is 6.20 Å². The Morgan fingerprint density at radius 1 is 1.44 bits per heavy atom. The van der Waals surface area contributed by atoms with Crippen LogP contribution in [-0.2, 0) is 0 Å². The van der Waals surface area contributed by atoms with E-state index in [9.17, 15) is 4.79 Å². The van der Waals surface area contributed by atoms with Crippen LogP contribution in [-0.4, -0.2) is 57.9 Å². The Labute approximate surface area is 108 Å². The van der Waals surface area contributed by atoms with Crippen molar-refractivity contribution in [3.8, 4) is 0 Å². The summed E-state index contributed by atoms with van der Waals surface area (Å²) in [6.45, 7) is 8.02. The average Bonchev–Trinajstić information content (AvgIpc) is 2.90. The zero-order valence-corrected chi connectivity index (χ0v) is 11.0. The van der Waals surface area contributed by atoms with Crippen LogP contribution in [0.5, 0.6) is 0 Å². The summed E-state index contributed by atoms with van der Waals surface area (Å²) in [6.07, 6.45) is 5.73. The minimum atomic E-state index is -0.00208. The lowest BCUT2D eigenvalue weighted by atomic mass is 10.2. The molecular formula is C13H20N4O. The monoisotopic (exact) mass is 248 g/mol. The molecular weight excluding hydrogens is 228 g/mol. The Balaban J connectivity index is 1.99. The van der Waals surface area contributed by atoms with Gasteiger partial charge in [-0.25, -0.2) is 4.98 Å². The molecule has 1 aromatic rings. The molecule has 1 atom stereocenters. The van der Waals surface area contributed by atoms with E-state index in [4.69, 9.17) is 0 Å². The number of nitrogens with zero attached hydrogens (tertiary/aromatic N) is 4.